The van der Waals surface area contributed by atoms with Crippen molar-refractivity contribution in [1.29, 1.82) is 0 Å². The molecule has 0 radical (unpaired) electrons. The molecule has 2 N–H and O–H groups in total. The Morgan fingerprint density at radius 3 is 2.96 bits per heavy atom. The molecule has 1 aromatic carbocycles. The number of nitrogens with zero attached hydrogens (tertiary/aromatic N) is 5. The maximum Gasteiger partial charge on any atom is 0.217 e. The molecule has 23 heavy (non-hydrogen) atoms. The summed E-state index contributed by atoms with van der Waals surface area (Å²) < 4.78 is 2.91. The largest absolute Gasteiger partial charge is 0.375 e. The Bertz CT molecular complexity index is 1030. The number of nitrogens with two attached hydrogens (primary N) is 1. The molecular formula is C15H12N6S2. The Hall–Kier alpha value is -2.19. The van der Waals surface area contributed by atoms with Crippen molar-refractivity contribution in [1.82, 2.24) is 24.8 Å². The van der Waals surface area contributed by atoms with E-state index in [1.807, 2.05) is 22.7 Å². The Morgan fingerprint density at radius 1 is 1.17 bits per heavy atom. The van der Waals surface area contributed by atoms with Crippen LogP contribution < -0.4 is 5.73 Å². The van der Waals surface area contributed by atoms with Crippen LogP contribution in [0.2, 0.25) is 0 Å². The van der Waals surface area contributed by atoms with Crippen molar-refractivity contribution < 1.29 is 0 Å². The lowest BCUT2D eigenvalue weighted by molar-refractivity contribution is 0.772. The molecule has 8 heteroatoms. The lowest BCUT2D eigenvalue weighted by Crippen LogP contribution is -1.97. The number of benzene rings is 1. The Labute approximate surface area is 139 Å². The predicted molar refractivity (Wildman–Crippen MR) is 90.9 cm³/mol. The van der Waals surface area contributed by atoms with Gasteiger partial charge in [0.25, 0.3) is 0 Å². The second kappa shape index (κ2) is 4.90. The molecular weight excluding hydrogens is 328 g/mol. The first-order valence-corrected chi connectivity index (χ1v) is 8.96. The van der Waals surface area contributed by atoms with E-state index in [0.717, 1.165) is 31.6 Å². The minimum Gasteiger partial charge on any atom is -0.375 e. The van der Waals surface area contributed by atoms with Crippen LogP contribution >= 0.6 is 23.1 Å². The maximum absolute atomic E-state index is 5.77. The van der Waals surface area contributed by atoms with Gasteiger partial charge in [-0.05, 0) is 54.9 Å². The van der Waals surface area contributed by atoms with E-state index >= 15 is 0 Å². The Morgan fingerprint density at radius 2 is 2.09 bits per heavy atom. The molecule has 1 fully saturated rings. The number of hydrogen-bond acceptors (Lipinski definition) is 7. The molecule has 0 amide bonds. The van der Waals surface area contributed by atoms with Gasteiger partial charge < -0.3 is 5.73 Å². The number of rotatable bonds is 3. The topological polar surface area (TPSA) is 82.0 Å². The number of anilines is 1. The molecule has 0 unspecified atom stereocenters. The first kappa shape index (κ1) is 13.3. The molecule has 114 valence electrons. The lowest BCUT2D eigenvalue weighted by Gasteiger charge is -2.01. The van der Waals surface area contributed by atoms with Gasteiger partial charge in [-0.1, -0.05) is 11.3 Å². The van der Waals surface area contributed by atoms with Gasteiger partial charge in [0.2, 0.25) is 5.16 Å². The summed E-state index contributed by atoms with van der Waals surface area (Å²) >= 11 is 3.05. The normalized spacial score (nSPS) is 14.8. The van der Waals surface area contributed by atoms with Gasteiger partial charge in [0.05, 0.1) is 15.9 Å². The summed E-state index contributed by atoms with van der Waals surface area (Å²) in [5.41, 5.74) is 8.60. The number of nitrogen functional groups attached to an aromatic ring is 1. The van der Waals surface area contributed by atoms with Crippen molar-refractivity contribution in [3.63, 3.8) is 0 Å². The highest BCUT2D eigenvalue weighted by atomic mass is 32.2. The maximum atomic E-state index is 5.77. The van der Waals surface area contributed by atoms with Crippen LogP contribution in [0.3, 0.4) is 0 Å². The standard InChI is InChI=1S/C15H12N6S2/c16-14-17-11-4-3-9(7-12(11)23-14)22-15-19-18-13-6-5-10(8-1-2-8)20-21(13)15/h3-8H,1-2H2,(H2,16,17). The molecule has 1 aliphatic rings. The van der Waals surface area contributed by atoms with E-state index in [2.05, 4.69) is 27.3 Å². The van der Waals surface area contributed by atoms with Crippen LogP contribution in [0.4, 0.5) is 5.13 Å². The van der Waals surface area contributed by atoms with Crippen LogP contribution in [0.15, 0.2) is 40.4 Å². The third kappa shape index (κ3) is 2.34. The molecule has 6 nitrogen and oxygen atoms in total. The molecule has 3 heterocycles. The molecule has 4 aromatic rings. The zero-order valence-corrected chi connectivity index (χ0v) is 13.6. The van der Waals surface area contributed by atoms with Gasteiger partial charge in [-0.25, -0.2) is 4.98 Å². The van der Waals surface area contributed by atoms with Crippen LogP contribution in [0, 0.1) is 0 Å². The third-order valence-corrected chi connectivity index (χ3v) is 5.61. The number of thiazole rings is 1. The summed E-state index contributed by atoms with van der Waals surface area (Å²) in [7, 11) is 0. The van der Waals surface area contributed by atoms with E-state index < -0.39 is 0 Å². The van der Waals surface area contributed by atoms with E-state index in [4.69, 9.17) is 10.8 Å². The Kier molecular flexibility index (Phi) is 2.83. The van der Waals surface area contributed by atoms with Crippen molar-refractivity contribution in [2.45, 2.75) is 28.8 Å². The van der Waals surface area contributed by atoms with E-state index in [0.29, 0.717) is 11.0 Å². The summed E-state index contributed by atoms with van der Waals surface area (Å²) in [6.07, 6.45) is 2.46. The second-order valence-electron chi connectivity index (χ2n) is 5.57. The van der Waals surface area contributed by atoms with Gasteiger partial charge in [0.15, 0.2) is 10.8 Å². The SMILES string of the molecule is Nc1nc2ccc(Sc3nnc4ccc(C5CC5)nn34)cc2s1. The fourth-order valence-electron chi connectivity index (χ4n) is 2.54. The highest BCUT2D eigenvalue weighted by Crippen LogP contribution is 2.39. The van der Waals surface area contributed by atoms with Crippen LogP contribution in [0.25, 0.3) is 15.9 Å². The van der Waals surface area contributed by atoms with Gasteiger partial charge in [0.1, 0.15) is 0 Å². The first-order valence-electron chi connectivity index (χ1n) is 7.32. The highest BCUT2D eigenvalue weighted by Gasteiger charge is 2.25. The Balaban J connectivity index is 1.54. The van der Waals surface area contributed by atoms with Crippen LogP contribution in [-0.2, 0) is 0 Å². The first-order chi connectivity index (χ1) is 11.3. The van der Waals surface area contributed by atoms with Crippen LogP contribution in [-0.4, -0.2) is 24.8 Å². The van der Waals surface area contributed by atoms with Crippen molar-refractivity contribution >= 4 is 44.1 Å². The zero-order valence-electron chi connectivity index (χ0n) is 12.0. The quantitative estimate of drug-likeness (QED) is 0.616. The molecule has 1 saturated carbocycles. The number of hydrogen-bond donors (Lipinski definition) is 1. The average molecular weight is 340 g/mol. The minimum absolute atomic E-state index is 0.589. The lowest BCUT2D eigenvalue weighted by atomic mass is 10.3. The van der Waals surface area contributed by atoms with Crippen LogP contribution in [0.5, 0.6) is 0 Å². The van der Waals surface area contributed by atoms with Gasteiger partial charge in [-0.2, -0.15) is 9.61 Å². The average Bonchev–Trinajstić information content (AvgIpc) is 3.23. The second-order valence-corrected chi connectivity index (χ2v) is 7.67. The van der Waals surface area contributed by atoms with Gasteiger partial charge >= 0.3 is 0 Å². The third-order valence-electron chi connectivity index (χ3n) is 3.84. The van der Waals surface area contributed by atoms with Gasteiger partial charge in [-0.15, -0.1) is 10.2 Å². The summed E-state index contributed by atoms with van der Waals surface area (Å²) in [6, 6.07) is 10.1. The van der Waals surface area contributed by atoms with Gasteiger partial charge in [-0.3, -0.25) is 0 Å². The van der Waals surface area contributed by atoms with Crippen molar-refractivity contribution in [2.75, 3.05) is 5.73 Å². The monoisotopic (exact) mass is 340 g/mol. The van der Waals surface area contributed by atoms with E-state index in [1.165, 1.54) is 24.2 Å². The summed E-state index contributed by atoms with van der Waals surface area (Å²) in [5.74, 6) is 0.608. The van der Waals surface area contributed by atoms with Crippen molar-refractivity contribution in [3.8, 4) is 0 Å². The molecule has 0 aliphatic heterocycles. The van der Waals surface area contributed by atoms with E-state index in [-0.39, 0.29) is 0 Å². The van der Waals surface area contributed by atoms with Crippen LogP contribution in [0.1, 0.15) is 24.5 Å². The fraction of sp³-hybridized carbons (Fsp3) is 0.200. The molecule has 0 spiro atoms. The minimum atomic E-state index is 0.589. The summed E-state index contributed by atoms with van der Waals surface area (Å²) in [4.78, 5) is 5.36. The van der Waals surface area contributed by atoms with E-state index in [9.17, 15) is 0 Å². The molecule has 5 rings (SSSR count). The van der Waals surface area contributed by atoms with Gasteiger partial charge in [0, 0.05) is 10.8 Å². The predicted octanol–water partition coefficient (Wildman–Crippen LogP) is 3.34. The summed E-state index contributed by atoms with van der Waals surface area (Å²) in [6.45, 7) is 0. The smallest absolute Gasteiger partial charge is 0.217 e. The molecule has 1 aliphatic carbocycles. The number of fused-ring (bicyclic) bond motifs is 2. The zero-order chi connectivity index (χ0) is 15.4. The molecule has 0 saturated heterocycles. The summed E-state index contributed by atoms with van der Waals surface area (Å²) in [5, 5.41) is 14.5. The van der Waals surface area contributed by atoms with Crippen molar-refractivity contribution in [3.05, 3.63) is 36.0 Å². The number of aromatic nitrogens is 5. The fourth-order valence-corrected chi connectivity index (χ4v) is 4.21. The highest BCUT2D eigenvalue weighted by molar-refractivity contribution is 7.99. The molecule has 3 aromatic heterocycles. The van der Waals surface area contributed by atoms with E-state index in [1.54, 1.807) is 11.8 Å². The molecule has 0 atom stereocenters. The van der Waals surface area contributed by atoms with Crippen molar-refractivity contribution in [2.24, 2.45) is 0 Å². The molecule has 0 bridgehead atoms.